The van der Waals surface area contributed by atoms with Crippen molar-refractivity contribution < 1.29 is 9.53 Å². The Balaban J connectivity index is 1.29. The molecule has 2 heteroatoms. The Kier molecular flexibility index (Phi) is 11.3. The number of hydrogen-bond acceptors (Lipinski definition) is 2. The van der Waals surface area contributed by atoms with E-state index in [0.717, 1.165) is 60.7 Å². The van der Waals surface area contributed by atoms with Crippen molar-refractivity contribution in [3.05, 3.63) is 11.6 Å². The second-order valence-corrected chi connectivity index (χ2v) is 16.0. The molecule has 0 N–H and O–H groups in total. The molecule has 3 fully saturated rings. The largest absolute Gasteiger partial charge is 0.462 e. The predicted octanol–water partition coefficient (Wildman–Crippen LogP) is 11.3. The lowest BCUT2D eigenvalue weighted by Gasteiger charge is -2.58. The fourth-order valence-electron chi connectivity index (χ4n) is 10.2. The molecule has 3 saturated carbocycles. The highest BCUT2D eigenvalue weighted by atomic mass is 16.5. The first-order valence-electron chi connectivity index (χ1n) is 18.0. The van der Waals surface area contributed by atoms with Gasteiger partial charge in [-0.1, -0.05) is 111 Å². The van der Waals surface area contributed by atoms with E-state index in [0.29, 0.717) is 17.3 Å². The number of rotatable bonds is 14. The summed E-state index contributed by atoms with van der Waals surface area (Å²) in [5.41, 5.74) is 2.52. The van der Waals surface area contributed by atoms with Crippen LogP contribution in [0, 0.1) is 52.3 Å². The van der Waals surface area contributed by atoms with Crippen LogP contribution < -0.4 is 0 Å². The zero-order chi connectivity index (χ0) is 28.9. The van der Waals surface area contributed by atoms with Crippen molar-refractivity contribution >= 4 is 5.97 Å². The Morgan fingerprint density at radius 3 is 2.35 bits per heavy atom. The first-order chi connectivity index (χ1) is 19.1. The van der Waals surface area contributed by atoms with Crippen molar-refractivity contribution in [1.82, 2.24) is 0 Å². The predicted molar refractivity (Wildman–Crippen MR) is 170 cm³/mol. The maximum Gasteiger partial charge on any atom is 0.306 e. The van der Waals surface area contributed by atoms with Gasteiger partial charge in [-0.25, -0.2) is 0 Å². The Morgan fingerprint density at radius 1 is 0.900 bits per heavy atom. The zero-order valence-corrected chi connectivity index (χ0v) is 27.7. The molecule has 4 aliphatic carbocycles. The summed E-state index contributed by atoms with van der Waals surface area (Å²) in [5, 5.41) is 0. The van der Waals surface area contributed by atoms with Crippen LogP contribution in [0.2, 0.25) is 0 Å². The number of esters is 1. The molecule has 0 radical (unpaired) electrons. The van der Waals surface area contributed by atoms with E-state index in [9.17, 15) is 4.79 Å². The maximum absolute atomic E-state index is 12.6. The number of fused-ring (bicyclic) bond motifs is 5. The summed E-state index contributed by atoms with van der Waals surface area (Å²) in [6, 6.07) is 0. The number of unbranched alkanes of at least 4 members (excludes halogenated alkanes) is 6. The standard InChI is InChI=1S/C38H66O2/c1-8-9-10-11-12-13-14-15-36(39)40-31-22-24-37(6)30(26-31)18-19-32-34-21-20-33(38(34,7)25-23-35(32)37)29(5)17-16-28(4)27(2)3/h18,27-29,31-35H,8-17,19-26H2,1-7H3. The van der Waals surface area contributed by atoms with Crippen LogP contribution in [0.1, 0.15) is 164 Å². The molecule has 40 heavy (non-hydrogen) atoms. The summed E-state index contributed by atoms with van der Waals surface area (Å²) in [5.74, 6) is 6.11. The van der Waals surface area contributed by atoms with Crippen molar-refractivity contribution in [3.63, 3.8) is 0 Å². The minimum atomic E-state index is 0.0544. The van der Waals surface area contributed by atoms with Gasteiger partial charge in [-0.3, -0.25) is 4.79 Å². The smallest absolute Gasteiger partial charge is 0.306 e. The van der Waals surface area contributed by atoms with Gasteiger partial charge in [0, 0.05) is 12.8 Å². The fourth-order valence-corrected chi connectivity index (χ4v) is 10.2. The van der Waals surface area contributed by atoms with Gasteiger partial charge >= 0.3 is 5.97 Å². The maximum atomic E-state index is 12.6. The first kappa shape index (κ1) is 32.1. The molecule has 4 aliphatic rings. The Hall–Kier alpha value is -0.790. The highest BCUT2D eigenvalue weighted by Gasteiger charge is 2.59. The van der Waals surface area contributed by atoms with Gasteiger partial charge in [0.15, 0.2) is 0 Å². The molecule has 4 rings (SSSR count). The first-order valence-corrected chi connectivity index (χ1v) is 18.0. The van der Waals surface area contributed by atoms with Gasteiger partial charge in [-0.15, -0.1) is 0 Å². The lowest BCUT2D eigenvalue weighted by Crippen LogP contribution is -2.51. The van der Waals surface area contributed by atoms with Crippen LogP contribution in [0.25, 0.3) is 0 Å². The van der Waals surface area contributed by atoms with Crippen molar-refractivity contribution in [2.24, 2.45) is 52.3 Å². The van der Waals surface area contributed by atoms with E-state index in [-0.39, 0.29) is 12.1 Å². The lowest BCUT2D eigenvalue weighted by atomic mass is 9.47. The zero-order valence-electron chi connectivity index (χ0n) is 27.7. The molecule has 0 aromatic heterocycles. The third-order valence-electron chi connectivity index (χ3n) is 13.3. The summed E-state index contributed by atoms with van der Waals surface area (Å²) in [6.45, 7) is 17.4. The molecule has 2 nitrogen and oxygen atoms in total. The van der Waals surface area contributed by atoms with Crippen LogP contribution >= 0.6 is 0 Å². The topological polar surface area (TPSA) is 26.3 Å². The third kappa shape index (κ3) is 7.05. The van der Waals surface area contributed by atoms with E-state index in [4.69, 9.17) is 4.74 Å². The summed E-state index contributed by atoms with van der Waals surface area (Å²) in [6.07, 6.45) is 25.3. The molecule has 0 bridgehead atoms. The number of carbonyl (C=O) groups excluding carboxylic acids is 1. The summed E-state index contributed by atoms with van der Waals surface area (Å²) >= 11 is 0. The van der Waals surface area contributed by atoms with E-state index in [1.165, 1.54) is 89.9 Å². The molecular weight excluding hydrogens is 488 g/mol. The van der Waals surface area contributed by atoms with Crippen LogP contribution in [0.4, 0.5) is 0 Å². The Labute approximate surface area is 249 Å². The van der Waals surface area contributed by atoms with Gasteiger partial charge in [0.2, 0.25) is 0 Å². The number of allylic oxidation sites excluding steroid dienone is 1. The second kappa shape index (κ2) is 14.1. The minimum absolute atomic E-state index is 0.0544. The molecule has 0 amide bonds. The van der Waals surface area contributed by atoms with Crippen molar-refractivity contribution in [2.45, 2.75) is 170 Å². The molecule has 0 heterocycles. The van der Waals surface area contributed by atoms with Crippen molar-refractivity contribution in [2.75, 3.05) is 0 Å². The molecule has 0 aliphatic heterocycles. The highest BCUT2D eigenvalue weighted by molar-refractivity contribution is 5.69. The third-order valence-corrected chi connectivity index (χ3v) is 13.3. The number of ether oxygens (including phenoxy) is 1. The van der Waals surface area contributed by atoms with Gasteiger partial charge in [0.25, 0.3) is 0 Å². The Morgan fingerprint density at radius 2 is 1.62 bits per heavy atom. The van der Waals surface area contributed by atoms with Crippen LogP contribution in [-0.2, 0) is 9.53 Å². The van der Waals surface area contributed by atoms with Gasteiger partial charge in [0.1, 0.15) is 6.10 Å². The van der Waals surface area contributed by atoms with Crippen LogP contribution in [-0.4, -0.2) is 12.1 Å². The van der Waals surface area contributed by atoms with Crippen LogP contribution in [0.5, 0.6) is 0 Å². The molecule has 0 aromatic rings. The number of carbonyl (C=O) groups is 1. The quantitative estimate of drug-likeness (QED) is 0.121. The lowest BCUT2D eigenvalue weighted by molar-refractivity contribution is -0.151. The molecule has 0 saturated heterocycles. The van der Waals surface area contributed by atoms with Crippen LogP contribution in [0.15, 0.2) is 11.6 Å². The fraction of sp³-hybridized carbons (Fsp3) is 0.921. The molecule has 0 aromatic carbocycles. The summed E-state index contributed by atoms with van der Waals surface area (Å²) in [7, 11) is 0. The summed E-state index contributed by atoms with van der Waals surface area (Å²) in [4.78, 5) is 12.6. The number of hydrogen-bond donors (Lipinski definition) is 0. The van der Waals surface area contributed by atoms with Crippen molar-refractivity contribution in [1.29, 1.82) is 0 Å². The Bertz CT molecular complexity index is 842. The molecule has 230 valence electrons. The second-order valence-electron chi connectivity index (χ2n) is 16.0. The van der Waals surface area contributed by atoms with Gasteiger partial charge in [-0.2, -0.15) is 0 Å². The molecule has 0 spiro atoms. The summed E-state index contributed by atoms with van der Waals surface area (Å²) < 4.78 is 6.07. The molecular formula is C38H66O2. The average molecular weight is 555 g/mol. The van der Waals surface area contributed by atoms with Crippen molar-refractivity contribution in [3.8, 4) is 0 Å². The van der Waals surface area contributed by atoms with Gasteiger partial charge < -0.3 is 4.74 Å². The molecule has 9 atom stereocenters. The monoisotopic (exact) mass is 555 g/mol. The minimum Gasteiger partial charge on any atom is -0.462 e. The highest BCUT2D eigenvalue weighted by Crippen LogP contribution is 2.67. The van der Waals surface area contributed by atoms with E-state index in [1.807, 2.05) is 0 Å². The SMILES string of the molecule is CCCCCCCCCC(=O)OC1CCC2(C)C(=CCC3C2CCC2(C)C(C(C)CCC(C)C(C)C)CCC32)C1. The van der Waals surface area contributed by atoms with E-state index < -0.39 is 0 Å². The van der Waals surface area contributed by atoms with E-state index in [2.05, 4.69) is 54.5 Å². The normalized spacial score (nSPS) is 36.8. The average Bonchev–Trinajstić information content (AvgIpc) is 3.28. The van der Waals surface area contributed by atoms with Crippen LogP contribution in [0.3, 0.4) is 0 Å². The van der Waals surface area contributed by atoms with Gasteiger partial charge in [-0.05, 0) is 104 Å². The van der Waals surface area contributed by atoms with E-state index >= 15 is 0 Å². The van der Waals surface area contributed by atoms with E-state index in [1.54, 1.807) is 5.57 Å². The molecule has 9 unspecified atom stereocenters. The van der Waals surface area contributed by atoms with Gasteiger partial charge in [0.05, 0.1) is 0 Å².